The molecule has 0 radical (unpaired) electrons. The SMILES string of the molecule is COc1ccccc1[C@H](CNC(=O)CNC(=O)c1cccc(C)c1)N1CCCC1. The Balaban J connectivity index is 1.59. The quantitative estimate of drug-likeness (QED) is 0.721. The molecule has 2 amide bonds. The first kappa shape index (κ1) is 20.9. The van der Waals surface area contributed by atoms with Crippen LogP contribution in [0.1, 0.15) is 40.4 Å². The van der Waals surface area contributed by atoms with Crippen molar-refractivity contribution in [1.29, 1.82) is 0 Å². The number of nitrogens with one attached hydrogen (secondary N) is 2. The summed E-state index contributed by atoms with van der Waals surface area (Å²) < 4.78 is 5.53. The van der Waals surface area contributed by atoms with Crippen molar-refractivity contribution >= 4 is 11.8 Å². The Morgan fingerprint density at radius 1 is 1.07 bits per heavy atom. The van der Waals surface area contributed by atoms with Crippen molar-refractivity contribution in [2.24, 2.45) is 0 Å². The van der Waals surface area contributed by atoms with E-state index in [0.717, 1.165) is 42.8 Å². The van der Waals surface area contributed by atoms with Crippen LogP contribution in [0.2, 0.25) is 0 Å². The molecule has 1 atom stereocenters. The van der Waals surface area contributed by atoms with Crippen molar-refractivity contribution in [2.45, 2.75) is 25.8 Å². The monoisotopic (exact) mass is 395 g/mol. The predicted octanol–water partition coefficient (Wildman–Crippen LogP) is 2.69. The lowest BCUT2D eigenvalue weighted by Crippen LogP contribution is -2.41. The Labute approximate surface area is 172 Å². The number of amides is 2. The lowest BCUT2D eigenvalue weighted by Gasteiger charge is -2.29. The molecule has 0 bridgehead atoms. The van der Waals surface area contributed by atoms with Gasteiger partial charge < -0.3 is 15.4 Å². The van der Waals surface area contributed by atoms with Gasteiger partial charge in [0.1, 0.15) is 5.75 Å². The average molecular weight is 396 g/mol. The summed E-state index contributed by atoms with van der Waals surface area (Å²) in [6.07, 6.45) is 2.32. The van der Waals surface area contributed by atoms with E-state index in [9.17, 15) is 9.59 Å². The van der Waals surface area contributed by atoms with Gasteiger partial charge in [0.2, 0.25) is 5.91 Å². The Kier molecular flexibility index (Phi) is 7.25. The zero-order chi connectivity index (χ0) is 20.6. The summed E-state index contributed by atoms with van der Waals surface area (Å²) in [6, 6.07) is 15.3. The summed E-state index contributed by atoms with van der Waals surface area (Å²) in [7, 11) is 1.67. The maximum atomic E-state index is 12.4. The molecule has 154 valence electrons. The zero-order valence-corrected chi connectivity index (χ0v) is 17.1. The molecule has 6 nitrogen and oxygen atoms in total. The van der Waals surface area contributed by atoms with E-state index in [0.29, 0.717) is 12.1 Å². The third-order valence-electron chi connectivity index (χ3n) is 5.26. The summed E-state index contributed by atoms with van der Waals surface area (Å²) in [5.41, 5.74) is 2.63. The Hall–Kier alpha value is -2.86. The molecule has 1 aliphatic heterocycles. The highest BCUT2D eigenvalue weighted by Crippen LogP contribution is 2.31. The Bertz CT molecular complexity index is 847. The number of aryl methyl sites for hydroxylation is 1. The minimum Gasteiger partial charge on any atom is -0.496 e. The molecule has 0 unspecified atom stereocenters. The van der Waals surface area contributed by atoms with Gasteiger partial charge in [-0.15, -0.1) is 0 Å². The third-order valence-corrected chi connectivity index (χ3v) is 5.26. The van der Waals surface area contributed by atoms with Crippen LogP contribution < -0.4 is 15.4 Å². The maximum Gasteiger partial charge on any atom is 0.251 e. The zero-order valence-electron chi connectivity index (χ0n) is 17.1. The number of methoxy groups -OCH3 is 1. The number of hydrogen-bond donors (Lipinski definition) is 2. The molecule has 0 spiro atoms. The van der Waals surface area contributed by atoms with Gasteiger partial charge in [0.05, 0.1) is 19.7 Å². The number of hydrogen-bond acceptors (Lipinski definition) is 4. The number of nitrogens with zero attached hydrogens (tertiary/aromatic N) is 1. The standard InChI is InChI=1S/C23H29N3O3/c1-17-8-7-9-18(14-17)23(28)25-16-22(27)24-15-20(26-12-5-6-13-26)19-10-3-4-11-21(19)29-2/h3-4,7-11,14,20H,5-6,12-13,15-16H2,1-2H3,(H,24,27)(H,25,28)/t20-/m0/s1. The molecule has 3 rings (SSSR count). The smallest absolute Gasteiger partial charge is 0.251 e. The number of ether oxygens (including phenoxy) is 1. The number of rotatable bonds is 8. The van der Waals surface area contributed by atoms with E-state index in [1.807, 2.05) is 43.3 Å². The van der Waals surface area contributed by atoms with E-state index in [-0.39, 0.29) is 24.4 Å². The lowest BCUT2D eigenvalue weighted by atomic mass is 10.0. The van der Waals surface area contributed by atoms with E-state index in [1.54, 1.807) is 19.2 Å². The van der Waals surface area contributed by atoms with Crippen molar-refractivity contribution in [3.8, 4) is 5.75 Å². The number of likely N-dealkylation sites (tertiary alicyclic amines) is 1. The summed E-state index contributed by atoms with van der Waals surface area (Å²) in [6.45, 7) is 4.36. The van der Waals surface area contributed by atoms with Crippen LogP contribution in [0.4, 0.5) is 0 Å². The second kappa shape index (κ2) is 10.1. The maximum absolute atomic E-state index is 12.4. The summed E-state index contributed by atoms with van der Waals surface area (Å²) in [5.74, 6) is 0.376. The van der Waals surface area contributed by atoms with Crippen molar-refractivity contribution < 1.29 is 14.3 Å². The van der Waals surface area contributed by atoms with Crippen LogP contribution in [0.5, 0.6) is 5.75 Å². The molecule has 0 aliphatic carbocycles. The van der Waals surface area contributed by atoms with Gasteiger partial charge in [0, 0.05) is 17.7 Å². The minimum atomic E-state index is -0.246. The fourth-order valence-electron chi connectivity index (χ4n) is 3.75. The van der Waals surface area contributed by atoms with Crippen LogP contribution in [0.3, 0.4) is 0 Å². The minimum absolute atomic E-state index is 0.0464. The molecule has 1 saturated heterocycles. The van der Waals surface area contributed by atoms with E-state index >= 15 is 0 Å². The molecule has 2 aromatic carbocycles. The summed E-state index contributed by atoms with van der Waals surface area (Å²) in [5, 5.41) is 5.67. The topological polar surface area (TPSA) is 70.7 Å². The van der Waals surface area contributed by atoms with Crippen molar-refractivity contribution in [3.05, 3.63) is 65.2 Å². The van der Waals surface area contributed by atoms with Gasteiger partial charge in [-0.1, -0.05) is 35.9 Å². The predicted molar refractivity (Wildman–Crippen MR) is 113 cm³/mol. The second-order valence-corrected chi connectivity index (χ2v) is 7.36. The van der Waals surface area contributed by atoms with E-state index < -0.39 is 0 Å². The summed E-state index contributed by atoms with van der Waals surface area (Å²) in [4.78, 5) is 27.0. The number of carbonyl (C=O) groups excluding carboxylic acids is 2. The number of para-hydroxylation sites is 1. The highest BCUT2D eigenvalue weighted by atomic mass is 16.5. The first-order valence-corrected chi connectivity index (χ1v) is 10.1. The Morgan fingerprint density at radius 3 is 2.55 bits per heavy atom. The van der Waals surface area contributed by atoms with Crippen LogP contribution in [-0.2, 0) is 4.79 Å². The molecular formula is C23H29N3O3. The fraction of sp³-hybridized carbons (Fsp3) is 0.391. The van der Waals surface area contributed by atoms with Crippen LogP contribution in [0.15, 0.2) is 48.5 Å². The van der Waals surface area contributed by atoms with E-state index in [1.165, 1.54) is 0 Å². The van der Waals surface area contributed by atoms with E-state index in [2.05, 4.69) is 15.5 Å². The number of carbonyl (C=O) groups is 2. The molecule has 2 aromatic rings. The lowest BCUT2D eigenvalue weighted by molar-refractivity contribution is -0.120. The van der Waals surface area contributed by atoms with Crippen LogP contribution >= 0.6 is 0 Å². The molecule has 0 saturated carbocycles. The van der Waals surface area contributed by atoms with Crippen LogP contribution in [-0.4, -0.2) is 50.0 Å². The van der Waals surface area contributed by atoms with Gasteiger partial charge in [-0.3, -0.25) is 14.5 Å². The molecule has 6 heteroatoms. The van der Waals surface area contributed by atoms with E-state index in [4.69, 9.17) is 4.74 Å². The van der Waals surface area contributed by atoms with Crippen molar-refractivity contribution in [3.63, 3.8) is 0 Å². The van der Waals surface area contributed by atoms with Gasteiger partial charge in [0.15, 0.2) is 0 Å². The normalized spacial score (nSPS) is 15.0. The van der Waals surface area contributed by atoms with Gasteiger partial charge in [-0.05, 0) is 51.1 Å². The third kappa shape index (κ3) is 5.57. The fourth-order valence-corrected chi connectivity index (χ4v) is 3.75. The van der Waals surface area contributed by atoms with Gasteiger partial charge in [-0.2, -0.15) is 0 Å². The van der Waals surface area contributed by atoms with Gasteiger partial charge in [-0.25, -0.2) is 0 Å². The molecule has 1 aliphatic rings. The molecule has 1 heterocycles. The molecule has 2 N–H and O–H groups in total. The van der Waals surface area contributed by atoms with Crippen molar-refractivity contribution in [1.82, 2.24) is 15.5 Å². The molecular weight excluding hydrogens is 366 g/mol. The van der Waals surface area contributed by atoms with Gasteiger partial charge in [0.25, 0.3) is 5.91 Å². The molecule has 29 heavy (non-hydrogen) atoms. The molecule has 1 fully saturated rings. The van der Waals surface area contributed by atoms with Gasteiger partial charge >= 0.3 is 0 Å². The first-order chi connectivity index (χ1) is 14.1. The molecule has 0 aromatic heterocycles. The largest absolute Gasteiger partial charge is 0.496 e. The highest BCUT2D eigenvalue weighted by molar-refractivity contribution is 5.96. The van der Waals surface area contributed by atoms with Crippen LogP contribution in [0, 0.1) is 6.92 Å². The number of benzene rings is 2. The summed E-state index contributed by atoms with van der Waals surface area (Å²) >= 11 is 0. The highest BCUT2D eigenvalue weighted by Gasteiger charge is 2.26. The second-order valence-electron chi connectivity index (χ2n) is 7.36. The Morgan fingerprint density at radius 2 is 1.83 bits per heavy atom. The van der Waals surface area contributed by atoms with Crippen molar-refractivity contribution in [2.75, 3.05) is 33.3 Å². The average Bonchev–Trinajstić information content (AvgIpc) is 3.27. The van der Waals surface area contributed by atoms with Crippen LogP contribution in [0.25, 0.3) is 0 Å². The first-order valence-electron chi connectivity index (χ1n) is 10.1.